The zero-order valence-electron chi connectivity index (χ0n) is 20.2. The second kappa shape index (κ2) is 10.9. The molecule has 1 heterocycles. The van der Waals surface area contributed by atoms with Crippen molar-refractivity contribution < 1.29 is 19.4 Å². The van der Waals surface area contributed by atoms with Crippen molar-refractivity contribution in [2.45, 2.75) is 66.3 Å². The van der Waals surface area contributed by atoms with Gasteiger partial charge >= 0.3 is 11.9 Å². The normalized spacial score (nSPS) is 18.4. The number of carboxylic acids is 1. The second-order valence-corrected chi connectivity index (χ2v) is 9.69. The minimum Gasteiger partial charge on any atom is -0.481 e. The number of hydrogen-bond donors (Lipinski definition) is 2. The zero-order chi connectivity index (χ0) is 24.1. The fraction of sp³-hybridized carbons (Fsp3) is 0.519. The van der Waals surface area contributed by atoms with Gasteiger partial charge in [-0.3, -0.25) is 9.78 Å². The molecule has 1 saturated carbocycles. The molecule has 33 heavy (non-hydrogen) atoms. The van der Waals surface area contributed by atoms with Crippen LogP contribution in [-0.2, 0) is 22.5 Å². The van der Waals surface area contributed by atoms with E-state index in [2.05, 4.69) is 13.8 Å². The maximum absolute atomic E-state index is 13.3. The van der Waals surface area contributed by atoms with Gasteiger partial charge in [0, 0.05) is 17.8 Å². The molecule has 3 N–H and O–H groups in total. The minimum atomic E-state index is -0.731. The number of aliphatic carboxylic acids is 1. The number of carbonyl (C=O) groups is 2. The SMILES string of the molecule is Cc1ccc(-c2c(CN)c(CC(C)C)nc(C)c2C(=O)OCC2CCC(C(=O)O)CC2)cc1. The number of carbonyl (C=O) groups excluding carboxylic acids is 1. The van der Waals surface area contributed by atoms with E-state index in [1.165, 1.54) is 0 Å². The maximum atomic E-state index is 13.3. The molecule has 0 saturated heterocycles. The molecule has 1 aromatic carbocycles. The summed E-state index contributed by atoms with van der Waals surface area (Å²) < 4.78 is 5.78. The molecule has 0 amide bonds. The third-order valence-corrected chi connectivity index (χ3v) is 6.56. The Balaban J connectivity index is 1.92. The summed E-state index contributed by atoms with van der Waals surface area (Å²) in [5.41, 5.74) is 12.1. The van der Waals surface area contributed by atoms with Crippen LogP contribution in [0.4, 0.5) is 0 Å². The van der Waals surface area contributed by atoms with Gasteiger partial charge in [0.15, 0.2) is 0 Å². The summed E-state index contributed by atoms with van der Waals surface area (Å²) in [7, 11) is 0. The van der Waals surface area contributed by atoms with E-state index in [1.54, 1.807) is 0 Å². The lowest BCUT2D eigenvalue weighted by atomic mass is 9.82. The predicted octanol–water partition coefficient (Wildman–Crippen LogP) is 5.07. The molecular weight excluding hydrogens is 416 g/mol. The molecule has 1 aliphatic rings. The average Bonchev–Trinajstić information content (AvgIpc) is 2.77. The Hall–Kier alpha value is -2.73. The summed E-state index contributed by atoms with van der Waals surface area (Å²) >= 11 is 0. The van der Waals surface area contributed by atoms with E-state index in [4.69, 9.17) is 15.5 Å². The Morgan fingerprint density at radius 3 is 2.30 bits per heavy atom. The summed E-state index contributed by atoms with van der Waals surface area (Å²) in [5.74, 6) is -0.800. The molecule has 0 atom stereocenters. The Bertz CT molecular complexity index is 990. The molecule has 0 spiro atoms. The van der Waals surface area contributed by atoms with Crippen molar-refractivity contribution in [3.63, 3.8) is 0 Å². The van der Waals surface area contributed by atoms with Gasteiger partial charge in [0.25, 0.3) is 0 Å². The van der Waals surface area contributed by atoms with Crippen molar-refractivity contribution >= 4 is 11.9 Å². The van der Waals surface area contributed by atoms with E-state index in [9.17, 15) is 14.7 Å². The van der Waals surface area contributed by atoms with Crippen LogP contribution in [0.2, 0.25) is 0 Å². The van der Waals surface area contributed by atoms with Gasteiger partial charge < -0.3 is 15.6 Å². The Kier molecular flexibility index (Phi) is 8.25. The molecule has 2 aromatic rings. The molecule has 1 aromatic heterocycles. The van der Waals surface area contributed by atoms with Crippen molar-refractivity contribution in [3.8, 4) is 11.1 Å². The van der Waals surface area contributed by atoms with Gasteiger partial charge in [-0.15, -0.1) is 0 Å². The minimum absolute atomic E-state index is 0.190. The molecule has 178 valence electrons. The van der Waals surface area contributed by atoms with E-state index in [0.717, 1.165) is 47.2 Å². The maximum Gasteiger partial charge on any atom is 0.340 e. The van der Waals surface area contributed by atoms with E-state index in [1.807, 2.05) is 38.1 Å². The lowest BCUT2D eigenvalue weighted by molar-refractivity contribution is -0.143. The van der Waals surface area contributed by atoms with Crippen LogP contribution in [0.1, 0.15) is 72.4 Å². The van der Waals surface area contributed by atoms with E-state index < -0.39 is 5.97 Å². The monoisotopic (exact) mass is 452 g/mol. The lowest BCUT2D eigenvalue weighted by Gasteiger charge is -2.26. The highest BCUT2D eigenvalue weighted by molar-refractivity contribution is 5.99. The topological polar surface area (TPSA) is 103 Å². The molecule has 0 unspecified atom stereocenters. The highest BCUT2D eigenvalue weighted by Gasteiger charge is 2.28. The molecule has 0 bridgehead atoms. The summed E-state index contributed by atoms with van der Waals surface area (Å²) in [6.45, 7) is 8.76. The van der Waals surface area contributed by atoms with E-state index in [-0.39, 0.29) is 24.3 Å². The van der Waals surface area contributed by atoms with Crippen molar-refractivity contribution in [1.82, 2.24) is 4.98 Å². The third kappa shape index (κ3) is 5.99. The van der Waals surface area contributed by atoms with Gasteiger partial charge in [-0.25, -0.2) is 4.79 Å². The van der Waals surface area contributed by atoms with Gasteiger partial charge in [-0.1, -0.05) is 43.7 Å². The van der Waals surface area contributed by atoms with Crippen molar-refractivity contribution in [2.24, 2.45) is 23.5 Å². The first-order chi connectivity index (χ1) is 15.7. The van der Waals surface area contributed by atoms with Gasteiger partial charge in [-0.2, -0.15) is 0 Å². The number of pyridine rings is 1. The van der Waals surface area contributed by atoms with Crippen molar-refractivity contribution in [1.29, 1.82) is 0 Å². The first-order valence-corrected chi connectivity index (χ1v) is 11.9. The lowest BCUT2D eigenvalue weighted by Crippen LogP contribution is -2.25. The summed E-state index contributed by atoms with van der Waals surface area (Å²) in [4.78, 5) is 29.3. The van der Waals surface area contributed by atoms with Crippen LogP contribution in [0.5, 0.6) is 0 Å². The first-order valence-electron chi connectivity index (χ1n) is 11.9. The van der Waals surface area contributed by atoms with Crippen LogP contribution < -0.4 is 5.73 Å². The zero-order valence-corrected chi connectivity index (χ0v) is 20.2. The molecule has 6 heteroatoms. The largest absolute Gasteiger partial charge is 0.481 e. The number of ether oxygens (including phenoxy) is 1. The first kappa shape index (κ1) is 24.9. The molecule has 0 aliphatic heterocycles. The van der Waals surface area contributed by atoms with Crippen LogP contribution in [0.15, 0.2) is 24.3 Å². The molecular formula is C27H36N2O4. The Morgan fingerprint density at radius 2 is 1.76 bits per heavy atom. The number of aromatic nitrogens is 1. The molecule has 1 aliphatic carbocycles. The van der Waals surface area contributed by atoms with Gasteiger partial charge in [-0.05, 0) is 68.9 Å². The molecule has 3 rings (SSSR count). The van der Waals surface area contributed by atoms with E-state index in [0.29, 0.717) is 36.6 Å². The highest BCUT2D eigenvalue weighted by Crippen LogP contribution is 2.34. The second-order valence-electron chi connectivity index (χ2n) is 9.69. The number of aryl methyl sites for hydroxylation is 2. The molecule has 1 fully saturated rings. The Labute approximate surface area is 196 Å². The van der Waals surface area contributed by atoms with Crippen LogP contribution in [0, 0.1) is 31.6 Å². The number of hydrogen-bond acceptors (Lipinski definition) is 5. The number of benzene rings is 1. The molecule has 6 nitrogen and oxygen atoms in total. The number of nitrogens with two attached hydrogens (primary N) is 1. The number of nitrogens with zero attached hydrogens (tertiary/aromatic N) is 1. The number of esters is 1. The van der Waals surface area contributed by atoms with Gasteiger partial charge in [0.05, 0.1) is 23.8 Å². The van der Waals surface area contributed by atoms with Gasteiger partial charge in [0.2, 0.25) is 0 Å². The van der Waals surface area contributed by atoms with Crippen LogP contribution in [0.25, 0.3) is 11.1 Å². The average molecular weight is 453 g/mol. The van der Waals surface area contributed by atoms with E-state index >= 15 is 0 Å². The summed E-state index contributed by atoms with van der Waals surface area (Å²) in [5, 5.41) is 9.20. The predicted molar refractivity (Wildman–Crippen MR) is 129 cm³/mol. The number of carboxylic acid groups (broad SMARTS) is 1. The van der Waals surface area contributed by atoms with Gasteiger partial charge in [0.1, 0.15) is 0 Å². The molecule has 0 radical (unpaired) electrons. The summed E-state index contributed by atoms with van der Waals surface area (Å²) in [6, 6.07) is 8.10. The Morgan fingerprint density at radius 1 is 1.12 bits per heavy atom. The highest BCUT2D eigenvalue weighted by atomic mass is 16.5. The number of rotatable bonds is 8. The van der Waals surface area contributed by atoms with Crippen molar-refractivity contribution in [2.75, 3.05) is 6.61 Å². The quantitative estimate of drug-likeness (QED) is 0.542. The van der Waals surface area contributed by atoms with Crippen LogP contribution in [0.3, 0.4) is 0 Å². The van der Waals surface area contributed by atoms with Crippen LogP contribution in [-0.4, -0.2) is 28.6 Å². The van der Waals surface area contributed by atoms with Crippen LogP contribution >= 0.6 is 0 Å². The fourth-order valence-corrected chi connectivity index (χ4v) is 4.71. The smallest absolute Gasteiger partial charge is 0.340 e. The summed E-state index contributed by atoms with van der Waals surface area (Å²) in [6.07, 6.45) is 3.57. The van der Waals surface area contributed by atoms with Crippen molar-refractivity contribution in [3.05, 3.63) is 52.3 Å². The standard InChI is InChI=1S/C27H36N2O4/c1-16(2)13-23-22(14-28)25(20-9-5-17(3)6-10-20)24(18(4)29-23)27(32)33-15-19-7-11-21(12-8-19)26(30)31/h5-6,9-10,16,19,21H,7-8,11-15,28H2,1-4H3,(H,30,31). The fourth-order valence-electron chi connectivity index (χ4n) is 4.71. The third-order valence-electron chi connectivity index (χ3n) is 6.56.